The number of carbonyl (C=O) groups excluding carboxylic acids is 2. The van der Waals surface area contributed by atoms with Crippen LogP contribution in [0.5, 0.6) is 5.75 Å². The van der Waals surface area contributed by atoms with E-state index in [1.807, 2.05) is 42.5 Å². The van der Waals surface area contributed by atoms with Crippen LogP contribution in [0.1, 0.15) is 29.8 Å². The molecule has 0 radical (unpaired) electrons. The minimum absolute atomic E-state index is 0.0889. The van der Waals surface area contributed by atoms with Crippen molar-refractivity contribution in [2.75, 3.05) is 19.8 Å². The largest absolute Gasteiger partial charge is 0.493 e. The summed E-state index contributed by atoms with van der Waals surface area (Å²) in [5.74, 6) is 0.199. The molecule has 0 heterocycles. The molecule has 0 bridgehead atoms. The van der Waals surface area contributed by atoms with Gasteiger partial charge in [-0.05, 0) is 58.7 Å². The number of rotatable bonds is 9. The molecule has 32 heavy (non-hydrogen) atoms. The van der Waals surface area contributed by atoms with Gasteiger partial charge >= 0.3 is 0 Å². The fraction of sp³-hybridized carbons (Fsp3) is 0.231. The number of hydrogen-bond acceptors (Lipinski definition) is 4. The highest BCUT2D eigenvalue weighted by Gasteiger charge is 2.15. The lowest BCUT2D eigenvalue weighted by molar-refractivity contribution is -0.117. The number of carbonyl (C=O) groups is 2. The minimum atomic E-state index is -0.475. The van der Waals surface area contributed by atoms with Gasteiger partial charge in [-0.2, -0.15) is 0 Å². The number of aliphatic hydroxyl groups is 1. The molecule has 0 atom stereocenters. The Hall–Kier alpha value is -3.64. The van der Waals surface area contributed by atoms with E-state index in [9.17, 15) is 9.59 Å². The Morgan fingerprint density at radius 1 is 1.00 bits per heavy atom. The predicted molar refractivity (Wildman–Crippen MR) is 126 cm³/mol. The van der Waals surface area contributed by atoms with E-state index in [0.29, 0.717) is 23.8 Å². The standard InChI is InChI=1S/C26H28N2O4/c1-18(2)17-32-23-11-9-21(10-12-23)25(30)28-24(26(31)27-13-14-29)16-19-7-8-20-5-3-4-6-22(20)15-19/h3-12,15-16,18,29H,13-14,17H2,1-2H3,(H,27,31)(H,28,30)/b24-16-. The van der Waals surface area contributed by atoms with Gasteiger partial charge in [-0.25, -0.2) is 0 Å². The van der Waals surface area contributed by atoms with Gasteiger partial charge in [-0.1, -0.05) is 50.2 Å². The number of fused-ring (bicyclic) bond motifs is 1. The molecule has 3 N–H and O–H groups in total. The third-order valence-corrected chi connectivity index (χ3v) is 4.67. The molecule has 166 valence electrons. The van der Waals surface area contributed by atoms with Crippen LogP contribution in [-0.4, -0.2) is 36.7 Å². The summed E-state index contributed by atoms with van der Waals surface area (Å²) in [5.41, 5.74) is 1.27. The quantitative estimate of drug-likeness (QED) is 0.450. The first-order chi connectivity index (χ1) is 15.5. The molecule has 3 rings (SSSR count). The molecular formula is C26H28N2O4. The maximum absolute atomic E-state index is 12.8. The second-order valence-electron chi connectivity index (χ2n) is 7.83. The molecule has 3 aromatic rings. The lowest BCUT2D eigenvalue weighted by Gasteiger charge is -2.12. The Morgan fingerprint density at radius 2 is 1.72 bits per heavy atom. The smallest absolute Gasteiger partial charge is 0.267 e. The first kappa shape index (κ1) is 23.0. The summed E-state index contributed by atoms with van der Waals surface area (Å²) < 4.78 is 5.65. The van der Waals surface area contributed by atoms with E-state index in [1.54, 1.807) is 30.3 Å². The van der Waals surface area contributed by atoms with Gasteiger partial charge in [0.05, 0.1) is 13.2 Å². The second-order valence-corrected chi connectivity index (χ2v) is 7.83. The van der Waals surface area contributed by atoms with Gasteiger partial charge in [0.15, 0.2) is 0 Å². The van der Waals surface area contributed by atoms with Crippen LogP contribution in [-0.2, 0) is 4.79 Å². The average molecular weight is 433 g/mol. The van der Waals surface area contributed by atoms with E-state index in [1.165, 1.54) is 0 Å². The molecule has 0 unspecified atom stereocenters. The number of benzene rings is 3. The van der Waals surface area contributed by atoms with Gasteiger partial charge in [0, 0.05) is 12.1 Å². The van der Waals surface area contributed by atoms with Gasteiger partial charge in [-0.15, -0.1) is 0 Å². The van der Waals surface area contributed by atoms with Gasteiger partial charge < -0.3 is 20.5 Å². The molecule has 3 aromatic carbocycles. The minimum Gasteiger partial charge on any atom is -0.493 e. The van der Waals surface area contributed by atoms with E-state index in [0.717, 1.165) is 16.3 Å². The fourth-order valence-corrected chi connectivity index (χ4v) is 3.05. The third kappa shape index (κ3) is 6.43. The Bertz CT molecular complexity index is 1100. The van der Waals surface area contributed by atoms with E-state index in [-0.39, 0.29) is 18.8 Å². The third-order valence-electron chi connectivity index (χ3n) is 4.67. The summed E-state index contributed by atoms with van der Waals surface area (Å²) in [6.07, 6.45) is 1.62. The summed E-state index contributed by atoms with van der Waals surface area (Å²) >= 11 is 0. The maximum atomic E-state index is 12.8. The fourth-order valence-electron chi connectivity index (χ4n) is 3.05. The summed E-state index contributed by atoms with van der Waals surface area (Å²) in [6, 6.07) is 20.5. The van der Waals surface area contributed by atoms with Crippen molar-refractivity contribution < 1.29 is 19.4 Å². The lowest BCUT2D eigenvalue weighted by atomic mass is 10.1. The topological polar surface area (TPSA) is 87.7 Å². The molecule has 0 saturated carbocycles. The molecule has 6 nitrogen and oxygen atoms in total. The van der Waals surface area contributed by atoms with Crippen LogP contribution >= 0.6 is 0 Å². The monoisotopic (exact) mass is 432 g/mol. The number of nitrogens with one attached hydrogen (secondary N) is 2. The lowest BCUT2D eigenvalue weighted by Crippen LogP contribution is -2.36. The zero-order chi connectivity index (χ0) is 22.9. The van der Waals surface area contributed by atoms with Crippen molar-refractivity contribution in [3.8, 4) is 5.75 Å². The van der Waals surface area contributed by atoms with Gasteiger partial charge in [0.2, 0.25) is 0 Å². The number of aliphatic hydroxyl groups excluding tert-OH is 1. The summed E-state index contributed by atoms with van der Waals surface area (Å²) in [6.45, 7) is 4.61. The molecule has 2 amide bonds. The van der Waals surface area contributed by atoms with Crippen LogP contribution in [0.25, 0.3) is 16.8 Å². The molecule has 0 fully saturated rings. The molecule has 0 aliphatic rings. The SMILES string of the molecule is CC(C)COc1ccc(C(=O)N/C(=C\c2ccc3ccccc3c2)C(=O)NCCO)cc1. The van der Waals surface area contributed by atoms with Gasteiger partial charge in [-0.3, -0.25) is 9.59 Å². The van der Waals surface area contributed by atoms with Crippen LogP contribution in [0.4, 0.5) is 0 Å². The van der Waals surface area contributed by atoms with Crippen molar-refractivity contribution in [3.05, 3.63) is 83.6 Å². The first-order valence-corrected chi connectivity index (χ1v) is 10.6. The van der Waals surface area contributed by atoms with Gasteiger partial charge in [0.25, 0.3) is 11.8 Å². The van der Waals surface area contributed by atoms with E-state index >= 15 is 0 Å². The zero-order valence-corrected chi connectivity index (χ0v) is 18.3. The van der Waals surface area contributed by atoms with Crippen molar-refractivity contribution in [2.45, 2.75) is 13.8 Å². The number of hydrogen-bond donors (Lipinski definition) is 3. The normalized spacial score (nSPS) is 11.4. The van der Waals surface area contributed by atoms with Crippen LogP contribution in [0.3, 0.4) is 0 Å². The van der Waals surface area contributed by atoms with Crippen molar-refractivity contribution in [2.24, 2.45) is 5.92 Å². The summed E-state index contributed by atoms with van der Waals surface area (Å²) in [4.78, 5) is 25.4. The first-order valence-electron chi connectivity index (χ1n) is 10.6. The highest BCUT2D eigenvalue weighted by atomic mass is 16.5. The van der Waals surface area contributed by atoms with Crippen LogP contribution in [0.2, 0.25) is 0 Å². The summed E-state index contributed by atoms with van der Waals surface area (Å²) in [5, 5.41) is 16.4. The molecule has 0 aliphatic carbocycles. The number of ether oxygens (including phenoxy) is 1. The van der Waals surface area contributed by atoms with Crippen LogP contribution in [0.15, 0.2) is 72.4 Å². The summed E-state index contributed by atoms with van der Waals surface area (Å²) in [7, 11) is 0. The van der Waals surface area contributed by atoms with Crippen molar-refractivity contribution in [1.29, 1.82) is 0 Å². The molecule has 6 heteroatoms. The zero-order valence-electron chi connectivity index (χ0n) is 18.3. The van der Waals surface area contributed by atoms with E-state index in [4.69, 9.17) is 9.84 Å². The number of amides is 2. The van der Waals surface area contributed by atoms with Crippen LogP contribution in [0, 0.1) is 5.92 Å². The van der Waals surface area contributed by atoms with Crippen molar-refractivity contribution in [1.82, 2.24) is 10.6 Å². The highest BCUT2D eigenvalue weighted by molar-refractivity contribution is 6.05. The molecule has 0 spiro atoms. The molecular weight excluding hydrogens is 404 g/mol. The molecule has 0 aromatic heterocycles. The van der Waals surface area contributed by atoms with E-state index in [2.05, 4.69) is 24.5 Å². The Balaban J connectivity index is 1.81. The maximum Gasteiger partial charge on any atom is 0.267 e. The van der Waals surface area contributed by atoms with Crippen LogP contribution < -0.4 is 15.4 Å². The highest BCUT2D eigenvalue weighted by Crippen LogP contribution is 2.18. The Kier molecular flexibility index (Phi) is 8.00. The second kappa shape index (κ2) is 11.1. The van der Waals surface area contributed by atoms with Crippen molar-refractivity contribution in [3.63, 3.8) is 0 Å². The molecule has 0 saturated heterocycles. The average Bonchev–Trinajstić information content (AvgIpc) is 2.81. The predicted octanol–water partition coefficient (Wildman–Crippen LogP) is 3.75. The Labute approximate surface area is 187 Å². The Morgan fingerprint density at radius 3 is 2.41 bits per heavy atom. The molecule has 0 aliphatic heterocycles. The van der Waals surface area contributed by atoms with Crippen molar-refractivity contribution >= 4 is 28.7 Å². The van der Waals surface area contributed by atoms with E-state index < -0.39 is 11.8 Å². The van der Waals surface area contributed by atoms with Gasteiger partial charge in [0.1, 0.15) is 11.4 Å².